The van der Waals surface area contributed by atoms with Gasteiger partial charge in [0.15, 0.2) is 0 Å². The van der Waals surface area contributed by atoms with Gasteiger partial charge in [0.05, 0.1) is 10.9 Å². The fourth-order valence-corrected chi connectivity index (χ4v) is 2.53. The number of hydrogen-bond donors (Lipinski definition) is 0. The molecule has 0 bridgehead atoms. The highest BCUT2D eigenvalue weighted by atomic mass is 16.3. The van der Waals surface area contributed by atoms with E-state index in [4.69, 9.17) is 4.42 Å². The molecule has 0 aliphatic heterocycles. The van der Waals surface area contributed by atoms with Gasteiger partial charge in [-0.15, -0.1) is 0 Å². The fourth-order valence-electron chi connectivity index (χ4n) is 2.53. The van der Waals surface area contributed by atoms with Crippen LogP contribution in [-0.4, -0.2) is 0 Å². The molecule has 3 rings (SSSR count). The van der Waals surface area contributed by atoms with E-state index in [0.717, 1.165) is 11.3 Å². The van der Waals surface area contributed by atoms with Crippen LogP contribution in [0.3, 0.4) is 0 Å². The normalized spacial score (nSPS) is 10.6. The molecule has 0 amide bonds. The van der Waals surface area contributed by atoms with E-state index in [2.05, 4.69) is 6.08 Å². The molecule has 2 aromatic carbocycles. The second-order valence-corrected chi connectivity index (χ2v) is 5.58. The molecule has 0 saturated carbocycles. The van der Waals surface area contributed by atoms with E-state index in [-0.39, 0.29) is 5.43 Å². The van der Waals surface area contributed by atoms with Gasteiger partial charge in [-0.05, 0) is 31.5 Å². The summed E-state index contributed by atoms with van der Waals surface area (Å²) in [6, 6.07) is 17.1. The molecule has 0 unspecified atom stereocenters. The van der Waals surface area contributed by atoms with Gasteiger partial charge >= 0.3 is 0 Å². The molecule has 0 N–H and O–H groups in total. The van der Waals surface area contributed by atoms with Crippen LogP contribution in [0, 0.1) is 0 Å². The Morgan fingerprint density at radius 1 is 1.00 bits per heavy atom. The summed E-state index contributed by atoms with van der Waals surface area (Å²) in [5, 5.41) is 0.627. The number of fused-ring (bicyclic) bond motifs is 1. The molecule has 0 aliphatic rings. The Kier molecular flexibility index (Phi) is 3.92. The minimum Gasteiger partial charge on any atom is -0.460 e. The number of allylic oxidation sites excluding steroid dienone is 2. The van der Waals surface area contributed by atoms with Crippen LogP contribution >= 0.6 is 0 Å². The van der Waals surface area contributed by atoms with Crippen LogP contribution in [-0.2, 0) is 6.42 Å². The Morgan fingerprint density at radius 3 is 2.41 bits per heavy atom. The van der Waals surface area contributed by atoms with Crippen molar-refractivity contribution in [2.75, 3.05) is 0 Å². The van der Waals surface area contributed by atoms with E-state index in [9.17, 15) is 4.79 Å². The molecular weight excluding hydrogens is 272 g/mol. The molecule has 110 valence electrons. The van der Waals surface area contributed by atoms with E-state index in [1.165, 1.54) is 5.57 Å². The average molecular weight is 290 g/mol. The zero-order valence-corrected chi connectivity index (χ0v) is 12.8. The van der Waals surface area contributed by atoms with Crippen molar-refractivity contribution in [3.8, 4) is 11.1 Å². The zero-order valence-electron chi connectivity index (χ0n) is 12.8. The quantitative estimate of drug-likeness (QED) is 0.638. The van der Waals surface area contributed by atoms with Crippen molar-refractivity contribution in [1.82, 2.24) is 0 Å². The second kappa shape index (κ2) is 6.02. The number of benzene rings is 2. The number of hydrogen-bond acceptors (Lipinski definition) is 2. The first kappa shape index (κ1) is 14.3. The monoisotopic (exact) mass is 290 g/mol. The summed E-state index contributed by atoms with van der Waals surface area (Å²) in [5.74, 6) is 0.719. The minimum absolute atomic E-state index is 0.0326. The molecule has 22 heavy (non-hydrogen) atoms. The highest BCUT2D eigenvalue weighted by Gasteiger charge is 2.14. The standard InChI is InChI=1S/C20H18O2/c1-14(2)12-13-18-19(15-8-4-3-5-9-15)20(21)16-10-6-7-11-17(16)22-18/h3-12H,13H2,1-2H3. The summed E-state index contributed by atoms with van der Waals surface area (Å²) in [6.45, 7) is 4.09. The Bertz CT molecular complexity index is 882. The van der Waals surface area contributed by atoms with E-state index < -0.39 is 0 Å². The van der Waals surface area contributed by atoms with Gasteiger partial charge < -0.3 is 4.42 Å². The summed E-state index contributed by atoms with van der Waals surface area (Å²) in [7, 11) is 0. The Balaban J connectivity index is 2.31. The first-order valence-corrected chi connectivity index (χ1v) is 7.40. The minimum atomic E-state index is 0.0326. The maximum atomic E-state index is 12.9. The largest absolute Gasteiger partial charge is 0.460 e. The lowest BCUT2D eigenvalue weighted by molar-refractivity contribution is 0.554. The molecule has 0 fully saturated rings. The zero-order chi connectivity index (χ0) is 15.5. The molecule has 0 atom stereocenters. The molecule has 0 radical (unpaired) electrons. The molecule has 1 aromatic heterocycles. The first-order valence-electron chi connectivity index (χ1n) is 7.40. The van der Waals surface area contributed by atoms with Gasteiger partial charge in [0.1, 0.15) is 11.3 Å². The maximum absolute atomic E-state index is 12.9. The predicted octanol–water partition coefficient (Wildman–Crippen LogP) is 4.97. The third kappa shape index (κ3) is 2.73. The van der Waals surface area contributed by atoms with Crippen LogP contribution in [0.2, 0.25) is 0 Å². The highest BCUT2D eigenvalue weighted by molar-refractivity contribution is 5.82. The van der Waals surface area contributed by atoms with Crippen molar-refractivity contribution < 1.29 is 4.42 Å². The van der Waals surface area contributed by atoms with Gasteiger partial charge in [-0.3, -0.25) is 4.79 Å². The molecular formula is C20H18O2. The molecule has 0 aliphatic carbocycles. The topological polar surface area (TPSA) is 30.2 Å². The SMILES string of the molecule is CC(C)=CCc1oc2ccccc2c(=O)c1-c1ccccc1. The van der Waals surface area contributed by atoms with Crippen LogP contribution in [0.5, 0.6) is 0 Å². The van der Waals surface area contributed by atoms with Crippen molar-refractivity contribution in [2.45, 2.75) is 20.3 Å². The second-order valence-electron chi connectivity index (χ2n) is 5.58. The van der Waals surface area contributed by atoms with Gasteiger partial charge in [0.25, 0.3) is 0 Å². The third-order valence-electron chi connectivity index (χ3n) is 3.63. The van der Waals surface area contributed by atoms with Crippen LogP contribution in [0.4, 0.5) is 0 Å². The van der Waals surface area contributed by atoms with E-state index in [1.807, 2.05) is 68.4 Å². The van der Waals surface area contributed by atoms with Crippen LogP contribution < -0.4 is 5.43 Å². The molecule has 0 spiro atoms. The molecule has 0 saturated heterocycles. The van der Waals surface area contributed by atoms with E-state index in [0.29, 0.717) is 23.0 Å². The van der Waals surface area contributed by atoms with Crippen molar-refractivity contribution in [3.05, 3.63) is 82.2 Å². The average Bonchev–Trinajstić information content (AvgIpc) is 2.54. The number of para-hydroxylation sites is 1. The summed E-state index contributed by atoms with van der Waals surface area (Å²) < 4.78 is 6.03. The third-order valence-corrected chi connectivity index (χ3v) is 3.63. The van der Waals surface area contributed by atoms with Crippen molar-refractivity contribution in [1.29, 1.82) is 0 Å². The lowest BCUT2D eigenvalue weighted by Gasteiger charge is -2.09. The van der Waals surface area contributed by atoms with E-state index in [1.54, 1.807) is 0 Å². The summed E-state index contributed by atoms with van der Waals surface area (Å²) in [6.07, 6.45) is 2.70. The summed E-state index contributed by atoms with van der Waals surface area (Å²) in [5.41, 5.74) is 3.44. The molecule has 3 aromatic rings. The van der Waals surface area contributed by atoms with Crippen LogP contribution in [0.1, 0.15) is 19.6 Å². The van der Waals surface area contributed by atoms with Crippen LogP contribution in [0.15, 0.2) is 75.5 Å². The first-order chi connectivity index (χ1) is 10.7. The molecule has 2 heteroatoms. The maximum Gasteiger partial charge on any atom is 0.200 e. The lowest BCUT2D eigenvalue weighted by Crippen LogP contribution is -2.08. The van der Waals surface area contributed by atoms with Crippen molar-refractivity contribution in [3.63, 3.8) is 0 Å². The highest BCUT2D eigenvalue weighted by Crippen LogP contribution is 2.25. The van der Waals surface area contributed by atoms with Crippen molar-refractivity contribution >= 4 is 11.0 Å². The van der Waals surface area contributed by atoms with Gasteiger partial charge in [-0.25, -0.2) is 0 Å². The van der Waals surface area contributed by atoms with E-state index >= 15 is 0 Å². The van der Waals surface area contributed by atoms with Crippen molar-refractivity contribution in [2.24, 2.45) is 0 Å². The van der Waals surface area contributed by atoms with Gasteiger partial charge in [0.2, 0.25) is 5.43 Å². The van der Waals surface area contributed by atoms with Gasteiger partial charge in [-0.1, -0.05) is 54.1 Å². The Morgan fingerprint density at radius 2 is 1.68 bits per heavy atom. The van der Waals surface area contributed by atoms with Crippen LogP contribution in [0.25, 0.3) is 22.1 Å². The Hall–Kier alpha value is -2.61. The summed E-state index contributed by atoms with van der Waals surface area (Å²) in [4.78, 5) is 12.9. The number of rotatable bonds is 3. The fraction of sp³-hybridized carbons (Fsp3) is 0.150. The van der Waals surface area contributed by atoms with Gasteiger partial charge in [0, 0.05) is 6.42 Å². The predicted molar refractivity (Wildman–Crippen MR) is 91.1 cm³/mol. The molecule has 2 nitrogen and oxygen atoms in total. The van der Waals surface area contributed by atoms with Gasteiger partial charge in [-0.2, -0.15) is 0 Å². The smallest absolute Gasteiger partial charge is 0.200 e. The Labute approximate surface area is 129 Å². The molecule has 1 heterocycles. The summed E-state index contributed by atoms with van der Waals surface area (Å²) >= 11 is 0. The lowest BCUT2D eigenvalue weighted by atomic mass is 10.0.